The van der Waals surface area contributed by atoms with Gasteiger partial charge in [0.25, 0.3) is 0 Å². The zero-order chi connectivity index (χ0) is 16.0. The number of fused-ring (bicyclic) bond motifs is 2. The van der Waals surface area contributed by atoms with E-state index in [1.165, 1.54) is 0 Å². The van der Waals surface area contributed by atoms with E-state index < -0.39 is 5.63 Å². The smallest absolute Gasteiger partial charge is 0.349 e. The van der Waals surface area contributed by atoms with Gasteiger partial charge in [0.1, 0.15) is 22.9 Å². The fourth-order valence-electron chi connectivity index (χ4n) is 2.41. The standard InChI is InChI=1S/C17H10N2O4/c18-11-3-2-10-6-12(17(21)23-15(10)7-11)16-19-13-5-9(8-20)1-4-14(13)22-16/h1-8H,18H2. The van der Waals surface area contributed by atoms with Crippen molar-refractivity contribution in [1.29, 1.82) is 0 Å². The van der Waals surface area contributed by atoms with E-state index in [0.717, 1.165) is 6.29 Å². The maximum absolute atomic E-state index is 12.2. The van der Waals surface area contributed by atoms with Gasteiger partial charge in [0.05, 0.1) is 0 Å². The highest BCUT2D eigenvalue weighted by Crippen LogP contribution is 2.25. The second kappa shape index (κ2) is 4.81. The van der Waals surface area contributed by atoms with E-state index in [0.29, 0.717) is 33.3 Å². The molecule has 0 spiro atoms. The number of carbonyl (C=O) groups excluding carboxylic acids is 1. The van der Waals surface area contributed by atoms with E-state index in [-0.39, 0.29) is 11.5 Å². The number of hydrogen-bond acceptors (Lipinski definition) is 6. The first kappa shape index (κ1) is 13.3. The summed E-state index contributed by atoms with van der Waals surface area (Å²) in [6, 6.07) is 11.6. The fourth-order valence-corrected chi connectivity index (χ4v) is 2.41. The van der Waals surface area contributed by atoms with Crippen LogP contribution in [0.2, 0.25) is 0 Å². The maximum atomic E-state index is 12.2. The minimum atomic E-state index is -0.565. The van der Waals surface area contributed by atoms with Crippen LogP contribution in [0.5, 0.6) is 0 Å². The predicted octanol–water partition coefficient (Wildman–Crippen LogP) is 3.00. The Bertz CT molecular complexity index is 1120. The van der Waals surface area contributed by atoms with E-state index >= 15 is 0 Å². The van der Waals surface area contributed by atoms with Gasteiger partial charge in [-0.1, -0.05) is 0 Å². The molecular weight excluding hydrogens is 296 g/mol. The van der Waals surface area contributed by atoms with Gasteiger partial charge in [-0.3, -0.25) is 4.79 Å². The van der Waals surface area contributed by atoms with Crippen molar-refractivity contribution < 1.29 is 13.6 Å². The number of aldehydes is 1. The Hall–Kier alpha value is -3.41. The average molecular weight is 306 g/mol. The van der Waals surface area contributed by atoms with E-state index in [1.807, 2.05) is 0 Å². The molecular formula is C17H10N2O4. The number of benzene rings is 2. The van der Waals surface area contributed by atoms with Crippen LogP contribution in [0.25, 0.3) is 33.5 Å². The summed E-state index contributed by atoms with van der Waals surface area (Å²) in [5, 5.41) is 0.713. The lowest BCUT2D eigenvalue weighted by Gasteiger charge is -2.00. The lowest BCUT2D eigenvalue weighted by atomic mass is 10.1. The molecule has 4 aromatic rings. The highest BCUT2D eigenvalue weighted by molar-refractivity contribution is 5.86. The molecule has 0 saturated carbocycles. The normalized spacial score (nSPS) is 11.1. The number of rotatable bonds is 2. The van der Waals surface area contributed by atoms with Gasteiger partial charge in [-0.25, -0.2) is 9.78 Å². The molecule has 0 amide bonds. The Labute approximate surface area is 129 Å². The summed E-state index contributed by atoms with van der Waals surface area (Å²) >= 11 is 0. The molecule has 2 aromatic heterocycles. The van der Waals surface area contributed by atoms with Crippen molar-refractivity contribution in [2.45, 2.75) is 0 Å². The third kappa shape index (κ3) is 2.17. The highest BCUT2D eigenvalue weighted by Gasteiger charge is 2.15. The van der Waals surface area contributed by atoms with Gasteiger partial charge in [0.2, 0.25) is 5.89 Å². The molecule has 0 aliphatic rings. The van der Waals surface area contributed by atoms with Gasteiger partial charge in [0.15, 0.2) is 5.58 Å². The Morgan fingerprint density at radius 1 is 1.00 bits per heavy atom. The number of anilines is 1. The maximum Gasteiger partial charge on any atom is 0.349 e. The van der Waals surface area contributed by atoms with Crippen LogP contribution in [-0.2, 0) is 0 Å². The molecule has 0 unspecified atom stereocenters. The molecule has 0 aliphatic heterocycles. The SMILES string of the molecule is Nc1ccc2cc(-c3nc4cc(C=O)ccc4o3)c(=O)oc2c1. The molecule has 6 heteroatoms. The lowest BCUT2D eigenvalue weighted by Crippen LogP contribution is -2.03. The number of carbonyl (C=O) groups is 1. The molecule has 4 rings (SSSR count). The third-order valence-corrected chi connectivity index (χ3v) is 3.54. The Balaban J connectivity index is 1.94. The van der Waals surface area contributed by atoms with Crippen molar-refractivity contribution in [2.75, 3.05) is 5.73 Å². The van der Waals surface area contributed by atoms with Crippen molar-refractivity contribution in [2.24, 2.45) is 0 Å². The predicted molar refractivity (Wildman–Crippen MR) is 85.3 cm³/mol. The topological polar surface area (TPSA) is 99.3 Å². The van der Waals surface area contributed by atoms with Crippen LogP contribution in [0.1, 0.15) is 10.4 Å². The minimum Gasteiger partial charge on any atom is -0.436 e. The van der Waals surface area contributed by atoms with Crippen LogP contribution in [0, 0.1) is 0 Å². The second-order valence-corrected chi connectivity index (χ2v) is 5.11. The molecule has 2 N–H and O–H groups in total. The summed E-state index contributed by atoms with van der Waals surface area (Å²) in [5.41, 5.74) is 7.72. The van der Waals surface area contributed by atoms with Gasteiger partial charge in [-0.15, -0.1) is 0 Å². The number of hydrogen-bond donors (Lipinski definition) is 1. The van der Waals surface area contributed by atoms with Gasteiger partial charge >= 0.3 is 5.63 Å². The number of nitrogens with zero attached hydrogens (tertiary/aromatic N) is 1. The molecule has 23 heavy (non-hydrogen) atoms. The van der Waals surface area contributed by atoms with Crippen LogP contribution in [0.3, 0.4) is 0 Å². The Morgan fingerprint density at radius 3 is 2.70 bits per heavy atom. The van der Waals surface area contributed by atoms with Gasteiger partial charge in [0, 0.05) is 22.7 Å². The first-order valence-corrected chi connectivity index (χ1v) is 6.83. The molecule has 0 aliphatic carbocycles. The summed E-state index contributed by atoms with van der Waals surface area (Å²) < 4.78 is 10.9. The fraction of sp³-hybridized carbons (Fsp3) is 0. The molecule has 2 aromatic carbocycles. The van der Waals surface area contributed by atoms with Crippen LogP contribution in [0.4, 0.5) is 5.69 Å². The Morgan fingerprint density at radius 2 is 1.87 bits per heavy atom. The Kier molecular flexibility index (Phi) is 2.77. The van der Waals surface area contributed by atoms with Crippen molar-refractivity contribution >= 4 is 34.0 Å². The van der Waals surface area contributed by atoms with E-state index in [9.17, 15) is 9.59 Å². The first-order valence-electron chi connectivity index (χ1n) is 6.83. The van der Waals surface area contributed by atoms with Crippen LogP contribution >= 0.6 is 0 Å². The molecule has 0 atom stereocenters. The van der Waals surface area contributed by atoms with Crippen LogP contribution in [0.15, 0.2) is 56.1 Å². The highest BCUT2D eigenvalue weighted by atomic mass is 16.4. The van der Waals surface area contributed by atoms with Gasteiger partial charge in [-0.05, 0) is 36.4 Å². The summed E-state index contributed by atoms with van der Waals surface area (Å²) in [5.74, 6) is 0.149. The third-order valence-electron chi connectivity index (χ3n) is 3.54. The van der Waals surface area contributed by atoms with Gasteiger partial charge in [-0.2, -0.15) is 0 Å². The van der Waals surface area contributed by atoms with Crippen LogP contribution < -0.4 is 11.4 Å². The van der Waals surface area contributed by atoms with Crippen molar-refractivity contribution in [3.05, 3.63) is 58.4 Å². The van der Waals surface area contributed by atoms with E-state index in [1.54, 1.807) is 42.5 Å². The van der Waals surface area contributed by atoms with Crippen molar-refractivity contribution in [3.8, 4) is 11.5 Å². The van der Waals surface area contributed by atoms with E-state index in [2.05, 4.69) is 4.98 Å². The van der Waals surface area contributed by atoms with Crippen molar-refractivity contribution in [1.82, 2.24) is 4.98 Å². The largest absolute Gasteiger partial charge is 0.436 e. The zero-order valence-corrected chi connectivity index (χ0v) is 11.8. The molecule has 0 saturated heterocycles. The van der Waals surface area contributed by atoms with Crippen molar-refractivity contribution in [3.63, 3.8) is 0 Å². The second-order valence-electron chi connectivity index (χ2n) is 5.11. The quantitative estimate of drug-likeness (QED) is 0.347. The molecule has 6 nitrogen and oxygen atoms in total. The van der Waals surface area contributed by atoms with E-state index in [4.69, 9.17) is 14.6 Å². The summed E-state index contributed by atoms with van der Waals surface area (Å²) in [6.07, 6.45) is 0.725. The zero-order valence-electron chi connectivity index (χ0n) is 11.8. The monoisotopic (exact) mass is 306 g/mol. The number of oxazole rings is 1. The lowest BCUT2D eigenvalue weighted by molar-refractivity contribution is 0.112. The van der Waals surface area contributed by atoms with Crippen LogP contribution in [-0.4, -0.2) is 11.3 Å². The number of nitrogen functional groups attached to an aromatic ring is 1. The molecule has 0 bridgehead atoms. The minimum absolute atomic E-state index is 0.149. The summed E-state index contributed by atoms with van der Waals surface area (Å²) in [7, 11) is 0. The first-order chi connectivity index (χ1) is 11.1. The molecule has 112 valence electrons. The molecule has 2 heterocycles. The summed E-state index contributed by atoms with van der Waals surface area (Å²) in [4.78, 5) is 27.3. The molecule has 0 fully saturated rings. The molecule has 0 radical (unpaired) electrons. The number of aromatic nitrogens is 1. The average Bonchev–Trinajstić information content (AvgIpc) is 2.96. The number of nitrogens with two attached hydrogens (primary N) is 1. The summed E-state index contributed by atoms with van der Waals surface area (Å²) in [6.45, 7) is 0. The van der Waals surface area contributed by atoms with Gasteiger partial charge < -0.3 is 14.6 Å².